The zero-order valence-electron chi connectivity index (χ0n) is 31.0. The van der Waals surface area contributed by atoms with E-state index in [9.17, 15) is 44.9 Å². The Morgan fingerprint density at radius 2 is 0.183 bits per heavy atom. The van der Waals surface area contributed by atoms with Crippen LogP contribution in [0.1, 0.15) is 0 Å². The molecule has 0 unspecified atom stereocenters. The molecule has 60 heavy (non-hydrogen) atoms. The molecular weight excluding hydrogens is 1570 g/mol. The van der Waals surface area contributed by atoms with E-state index in [1.165, 1.54) is 0 Å². The summed E-state index contributed by atoms with van der Waals surface area (Å²) in [5.41, 5.74) is 0. The van der Waals surface area contributed by atoms with E-state index in [-0.39, 0.29) is 325 Å². The largest absolute Gasteiger partial charge is 4.00 e. The van der Waals surface area contributed by atoms with E-state index in [1.807, 2.05) is 0 Å². The maximum Gasteiger partial charge on any atom is 4.00 e. The minimum atomic E-state index is -3.84. The summed E-state index contributed by atoms with van der Waals surface area (Å²) in [7, 11) is 0. The molecule has 0 amide bonds. The second-order valence-electron chi connectivity index (χ2n) is 1.59. The van der Waals surface area contributed by atoms with E-state index in [0.717, 1.165) is 0 Å². The summed E-state index contributed by atoms with van der Waals surface area (Å²) in [4.78, 5) is 0. The molecule has 0 saturated carbocycles. The maximum atomic E-state index is 9.34. The molecule has 46 nitrogen and oxygen atoms in total. The van der Waals surface area contributed by atoms with Gasteiger partial charge < -0.3 is 177 Å². The second kappa shape index (κ2) is 384. The summed E-state index contributed by atoms with van der Waals surface area (Å²) in [6, 6.07) is 0. The van der Waals surface area contributed by atoms with E-state index in [1.54, 1.807) is 0 Å². The Labute approximate surface area is 461 Å². The van der Waals surface area contributed by atoms with Gasteiger partial charge in [-0.1, -0.05) is 0 Å². The summed E-state index contributed by atoms with van der Waals surface area (Å²) in [5.74, 6) is 0. The third kappa shape index (κ3) is 883. The topological polar surface area (TPSA) is 1200 Å². The average molecular weight is 1610 g/mol. The van der Waals surface area contributed by atoms with Crippen LogP contribution in [0.25, 0.3) is 0 Å². The summed E-state index contributed by atoms with van der Waals surface area (Å²) in [6.07, 6.45) is 0. The molecule has 0 heterocycles. The Morgan fingerprint density at radius 3 is 0.183 bits per heavy atom. The van der Waals surface area contributed by atoms with E-state index in [2.05, 4.69) is 8.15 Å². The summed E-state index contributed by atoms with van der Waals surface area (Å²) < 4.78 is 122. The fourth-order valence-corrected chi connectivity index (χ4v) is 4.41. The van der Waals surface area contributed by atoms with Crippen molar-refractivity contribution in [1.82, 2.24) is 61.5 Å². The van der Waals surface area contributed by atoms with Crippen LogP contribution in [0.2, 0.25) is 0 Å². The van der Waals surface area contributed by atoms with Crippen molar-refractivity contribution in [2.24, 2.45) is 0 Å². The second-order valence-corrected chi connectivity index (χ2v) is 13.6. The third-order valence-corrected chi connectivity index (χ3v) is 10.8. The molecule has 0 rings (SSSR count). The number of hydrogen-bond donors (Lipinski definition) is 10. The zero-order valence-corrected chi connectivity index (χ0v) is 53.4. The Morgan fingerprint density at radius 1 is 0.150 bits per heavy atom. The van der Waals surface area contributed by atoms with Crippen LogP contribution in [0.3, 0.4) is 0 Å². The van der Waals surface area contributed by atoms with Crippen molar-refractivity contribution in [2.45, 2.75) is 0 Å². The van der Waals surface area contributed by atoms with Crippen molar-refractivity contribution in [3.8, 4) is 0 Å². The molecule has 0 aromatic heterocycles. The molecule has 0 aliphatic rings. The number of rotatable bonds is 6. The van der Waals surface area contributed by atoms with Crippen LogP contribution in [-0.4, -0.2) is 89.2 Å². The van der Waals surface area contributed by atoms with Gasteiger partial charge in [-0.15, -0.1) is 0 Å². The molecule has 40 N–H and O–H groups in total. The van der Waals surface area contributed by atoms with Crippen molar-refractivity contribution in [3.63, 3.8) is 0 Å². The zero-order chi connectivity index (χ0) is 17.6. The van der Waals surface area contributed by atoms with E-state index < -0.39 is 89.2 Å². The summed E-state index contributed by atoms with van der Waals surface area (Å²) in [6.45, 7) is 0. The molecule has 376 valence electrons. The Bertz CT molecular complexity index is 581. The van der Waals surface area contributed by atoms with E-state index in [0.29, 0.717) is 0 Å². The molecule has 0 aromatic carbocycles. The minimum Gasteiger partial charge on any atom is -2.00 e. The standard InChI is InChI=1S/3As2O5.10H3N.21O.8V/c3*3-1(4)7-2(5)6;;;;;;;;;;;;;;;;;;;;;;;;;;;;;;;;;;;;;;;/h;;;10*1H3;;;;;;;;;;;;;;;;;;;;;;;;;;;;;/q;;;;;;;;;;;;;21*-2;8*+4/p+10. The first-order valence-electron chi connectivity index (χ1n) is 3.29. The Hall–Kier alpha value is 4.27. The first-order chi connectivity index (χ1) is 9.38. The smallest absolute Gasteiger partial charge is 2.00 e. The van der Waals surface area contributed by atoms with Crippen molar-refractivity contribution < 1.29 is 316 Å². The van der Waals surface area contributed by atoms with Gasteiger partial charge in [0.05, 0.1) is 0 Å². The van der Waals surface area contributed by atoms with Gasteiger partial charge in [0.25, 0.3) is 0 Å². The predicted octanol–water partition coefficient (Wildman–Crippen LogP) is -2.67. The summed E-state index contributed by atoms with van der Waals surface area (Å²) >= 11 is -23.1. The molecule has 0 aliphatic carbocycles. The minimum absolute atomic E-state index is 0. The van der Waals surface area contributed by atoms with Crippen molar-refractivity contribution in [1.29, 1.82) is 0 Å². The van der Waals surface area contributed by atoms with Crippen LogP contribution >= 0.6 is 0 Å². The Kier molecular flexibility index (Phi) is 3320. The maximum absolute atomic E-state index is 9.34. The molecule has 60 heteroatoms. The van der Waals surface area contributed by atoms with Gasteiger partial charge in [-0.05, 0) is 0 Å². The SMILES string of the molecule is O=[As](=O)O[As](=O)=O.O=[As](=O)O[As](=O)=O.O=[As](=O)O[As](=O)=O.[NH4+].[NH4+].[NH4+].[NH4+].[NH4+].[NH4+].[NH4+].[NH4+].[NH4+].[NH4+].[O-2].[O-2].[O-2].[O-2].[O-2].[O-2].[O-2].[O-2].[O-2].[O-2].[O-2].[O-2].[O-2].[O-2].[O-2].[O-2].[O-2].[O-2].[O-2].[O-2].[O-2].[V+4].[V+4].[V+4].[V+4].[V+4].[V+4].[V+4].[V+4]. The van der Waals surface area contributed by atoms with Crippen LogP contribution in [0.4, 0.5) is 0 Å². The van der Waals surface area contributed by atoms with Crippen molar-refractivity contribution in [2.75, 3.05) is 0 Å². The Balaban J connectivity index is -0.00000000153. The number of quaternary nitrogens is 10. The average Bonchev–Trinajstić information content (AvgIpc) is 2.10. The molecule has 0 bridgehead atoms. The number of hydrogen-bond acceptors (Lipinski definition) is 15. The molecule has 0 fully saturated rings. The molecule has 0 atom stereocenters. The normalized spacial score (nSPS) is 2.80. The van der Waals surface area contributed by atoms with Gasteiger partial charge >= 0.3 is 291 Å². The first kappa shape index (κ1) is 519. The van der Waals surface area contributed by atoms with Crippen LogP contribution < -0.4 is 61.5 Å². The quantitative estimate of drug-likeness (QED) is 0.121. The van der Waals surface area contributed by atoms with Gasteiger partial charge in [-0.25, -0.2) is 0 Å². The monoisotopic (exact) mass is 1610 g/mol. The fraction of sp³-hybridized carbons (Fsp3) is 0. The molecule has 0 spiro atoms. The van der Waals surface area contributed by atoms with Gasteiger partial charge in [0.15, 0.2) is 0 Å². The van der Waals surface area contributed by atoms with Gasteiger partial charge in [0.1, 0.15) is 0 Å². The molecule has 8 radical (unpaired) electrons. The van der Waals surface area contributed by atoms with Crippen LogP contribution in [0.15, 0.2) is 0 Å². The first-order valence-corrected chi connectivity index (χ1v) is 17.1. The molecule has 0 saturated heterocycles. The molecule has 0 aliphatic heterocycles. The third-order valence-electron chi connectivity index (χ3n) is 0.400. The summed E-state index contributed by atoms with van der Waals surface area (Å²) in [5, 5.41) is 0. The van der Waals surface area contributed by atoms with Crippen LogP contribution in [0, 0.1) is 0 Å². The van der Waals surface area contributed by atoms with Gasteiger partial charge in [-0.3, -0.25) is 0 Å². The van der Waals surface area contributed by atoms with Crippen LogP contribution in [0.5, 0.6) is 0 Å². The predicted molar refractivity (Wildman–Crippen MR) is 120 cm³/mol. The van der Waals surface area contributed by atoms with Crippen molar-refractivity contribution >= 4 is 89.2 Å². The molecule has 0 aromatic rings. The molecular formula is H40As6N10O36V8. The van der Waals surface area contributed by atoms with E-state index >= 15 is 0 Å². The van der Waals surface area contributed by atoms with Crippen LogP contribution in [-0.2, 0) is 316 Å². The fourth-order valence-electron chi connectivity index (χ4n) is 0.163. The van der Waals surface area contributed by atoms with Gasteiger partial charge in [0.2, 0.25) is 0 Å². The van der Waals surface area contributed by atoms with E-state index in [4.69, 9.17) is 0 Å². The van der Waals surface area contributed by atoms with Gasteiger partial charge in [0, 0.05) is 0 Å². The van der Waals surface area contributed by atoms with Gasteiger partial charge in [-0.2, -0.15) is 0 Å². The van der Waals surface area contributed by atoms with Crippen molar-refractivity contribution in [3.05, 3.63) is 0 Å².